The molecule has 2 atom stereocenters. The van der Waals surface area contributed by atoms with Crippen molar-refractivity contribution in [1.82, 2.24) is 4.98 Å². The van der Waals surface area contributed by atoms with Crippen molar-refractivity contribution >= 4 is 11.7 Å². The lowest BCUT2D eigenvalue weighted by molar-refractivity contribution is 0.0594. The zero-order valence-corrected chi connectivity index (χ0v) is 11.2. The summed E-state index contributed by atoms with van der Waals surface area (Å²) in [6, 6.07) is 14.5. The van der Waals surface area contributed by atoms with E-state index in [1.165, 1.54) is 12.7 Å². The summed E-state index contributed by atoms with van der Waals surface area (Å²) in [5.74, 6) is 0.134. The zero-order chi connectivity index (χ0) is 13.9. The van der Waals surface area contributed by atoms with Crippen molar-refractivity contribution in [2.75, 3.05) is 12.4 Å². The highest BCUT2D eigenvalue weighted by Gasteiger charge is 2.38. The van der Waals surface area contributed by atoms with Gasteiger partial charge in [-0.3, -0.25) is 0 Å². The maximum absolute atomic E-state index is 11.4. The fourth-order valence-electron chi connectivity index (χ4n) is 2.37. The Kier molecular flexibility index (Phi) is 3.37. The van der Waals surface area contributed by atoms with Gasteiger partial charge in [0.05, 0.1) is 7.11 Å². The molecule has 102 valence electrons. The predicted octanol–water partition coefficient (Wildman–Crippen LogP) is 2.84. The van der Waals surface area contributed by atoms with Crippen LogP contribution in [-0.4, -0.2) is 24.1 Å². The third kappa shape index (κ3) is 2.64. The number of hydrogen-bond acceptors (Lipinski definition) is 4. The van der Waals surface area contributed by atoms with E-state index in [1.54, 1.807) is 12.3 Å². The van der Waals surface area contributed by atoms with Crippen LogP contribution in [0, 0.1) is 0 Å². The van der Waals surface area contributed by atoms with Crippen LogP contribution in [0.15, 0.2) is 48.7 Å². The lowest BCUT2D eigenvalue weighted by Gasteiger charge is -2.07. The Bertz CT molecular complexity index is 613. The second kappa shape index (κ2) is 5.33. The minimum Gasteiger partial charge on any atom is -0.464 e. The standard InChI is InChI=1S/C16H16N2O2/c1-20-16(19)15-9-12(7-8-17-15)18-14-10-13(14)11-5-3-2-4-6-11/h2-9,13-14H,10H2,1H3,(H,17,18). The molecule has 1 aromatic carbocycles. The van der Waals surface area contributed by atoms with Crippen LogP contribution in [0.2, 0.25) is 0 Å². The van der Waals surface area contributed by atoms with Gasteiger partial charge >= 0.3 is 5.97 Å². The molecule has 4 heteroatoms. The van der Waals surface area contributed by atoms with Crippen LogP contribution in [0.1, 0.15) is 28.4 Å². The lowest BCUT2D eigenvalue weighted by Crippen LogP contribution is -2.08. The highest BCUT2D eigenvalue weighted by molar-refractivity contribution is 5.88. The largest absolute Gasteiger partial charge is 0.464 e. The molecule has 2 unspecified atom stereocenters. The molecule has 1 aromatic heterocycles. The Labute approximate surface area is 117 Å². The van der Waals surface area contributed by atoms with E-state index in [-0.39, 0.29) is 0 Å². The van der Waals surface area contributed by atoms with Crippen LogP contribution in [0.25, 0.3) is 0 Å². The van der Waals surface area contributed by atoms with E-state index in [0.717, 1.165) is 12.1 Å². The van der Waals surface area contributed by atoms with Gasteiger partial charge in [-0.05, 0) is 24.1 Å². The number of methoxy groups -OCH3 is 1. The minimum atomic E-state index is -0.413. The highest BCUT2D eigenvalue weighted by atomic mass is 16.5. The second-order valence-electron chi connectivity index (χ2n) is 4.93. The minimum absolute atomic E-state index is 0.328. The van der Waals surface area contributed by atoms with Gasteiger partial charge in [0.15, 0.2) is 0 Å². The van der Waals surface area contributed by atoms with Crippen LogP contribution in [0.5, 0.6) is 0 Å². The molecule has 0 radical (unpaired) electrons. The van der Waals surface area contributed by atoms with Crippen molar-refractivity contribution in [3.63, 3.8) is 0 Å². The zero-order valence-electron chi connectivity index (χ0n) is 11.2. The molecule has 0 aliphatic heterocycles. The van der Waals surface area contributed by atoms with E-state index in [1.807, 2.05) is 12.1 Å². The number of esters is 1. The Morgan fingerprint density at radius 1 is 1.30 bits per heavy atom. The van der Waals surface area contributed by atoms with Crippen molar-refractivity contribution < 1.29 is 9.53 Å². The smallest absolute Gasteiger partial charge is 0.356 e. The van der Waals surface area contributed by atoms with E-state index in [9.17, 15) is 4.79 Å². The average Bonchev–Trinajstić information content (AvgIpc) is 3.27. The van der Waals surface area contributed by atoms with E-state index < -0.39 is 5.97 Å². The SMILES string of the molecule is COC(=O)c1cc(NC2CC2c2ccccc2)ccn1. The van der Waals surface area contributed by atoms with Crippen molar-refractivity contribution in [2.45, 2.75) is 18.4 Å². The first-order chi connectivity index (χ1) is 9.78. The monoisotopic (exact) mass is 268 g/mol. The van der Waals surface area contributed by atoms with E-state index in [4.69, 9.17) is 0 Å². The number of nitrogens with one attached hydrogen (secondary N) is 1. The summed E-state index contributed by atoms with van der Waals surface area (Å²) in [5, 5.41) is 3.44. The summed E-state index contributed by atoms with van der Waals surface area (Å²) in [4.78, 5) is 15.4. The van der Waals surface area contributed by atoms with Crippen molar-refractivity contribution in [3.8, 4) is 0 Å². The molecular formula is C16H16N2O2. The average molecular weight is 268 g/mol. The van der Waals surface area contributed by atoms with Crippen LogP contribution < -0.4 is 5.32 Å². The predicted molar refractivity (Wildman–Crippen MR) is 76.8 cm³/mol. The lowest BCUT2D eigenvalue weighted by atomic mass is 10.1. The summed E-state index contributed by atoms with van der Waals surface area (Å²) in [6.07, 6.45) is 2.73. The molecule has 4 nitrogen and oxygen atoms in total. The van der Waals surface area contributed by atoms with Crippen molar-refractivity contribution in [1.29, 1.82) is 0 Å². The maximum atomic E-state index is 11.4. The van der Waals surface area contributed by atoms with Crippen LogP contribution in [0.4, 0.5) is 5.69 Å². The molecule has 1 N–H and O–H groups in total. The summed E-state index contributed by atoms with van der Waals surface area (Å²) < 4.78 is 4.67. The first-order valence-electron chi connectivity index (χ1n) is 6.64. The molecule has 1 fully saturated rings. The summed E-state index contributed by atoms with van der Waals surface area (Å²) in [7, 11) is 1.36. The molecule has 1 aliphatic rings. The van der Waals surface area contributed by atoms with Crippen LogP contribution >= 0.6 is 0 Å². The Hall–Kier alpha value is -2.36. The quantitative estimate of drug-likeness (QED) is 0.866. The van der Waals surface area contributed by atoms with E-state index in [2.05, 4.69) is 39.3 Å². The molecule has 0 spiro atoms. The number of hydrogen-bond donors (Lipinski definition) is 1. The van der Waals surface area contributed by atoms with Crippen LogP contribution in [-0.2, 0) is 4.74 Å². The summed E-state index contributed by atoms with van der Waals surface area (Å²) >= 11 is 0. The summed E-state index contributed by atoms with van der Waals surface area (Å²) in [6.45, 7) is 0. The number of rotatable bonds is 4. The molecule has 1 aliphatic carbocycles. The number of nitrogens with zero attached hydrogens (tertiary/aromatic N) is 1. The molecule has 3 rings (SSSR count). The number of anilines is 1. The summed E-state index contributed by atoms with van der Waals surface area (Å²) in [5.41, 5.74) is 2.59. The maximum Gasteiger partial charge on any atom is 0.356 e. The number of carbonyl (C=O) groups excluding carboxylic acids is 1. The highest BCUT2D eigenvalue weighted by Crippen LogP contribution is 2.42. The Morgan fingerprint density at radius 2 is 2.10 bits per heavy atom. The molecule has 20 heavy (non-hydrogen) atoms. The van der Waals surface area contributed by atoms with E-state index in [0.29, 0.717) is 17.7 Å². The number of pyridine rings is 1. The van der Waals surface area contributed by atoms with Gasteiger partial charge in [-0.25, -0.2) is 9.78 Å². The fourth-order valence-corrected chi connectivity index (χ4v) is 2.37. The van der Waals surface area contributed by atoms with Gasteiger partial charge in [0.1, 0.15) is 5.69 Å². The third-order valence-electron chi connectivity index (χ3n) is 3.52. The van der Waals surface area contributed by atoms with Gasteiger partial charge < -0.3 is 10.1 Å². The molecule has 2 aromatic rings. The Balaban J connectivity index is 1.67. The van der Waals surface area contributed by atoms with Gasteiger partial charge in [-0.2, -0.15) is 0 Å². The fraction of sp³-hybridized carbons (Fsp3) is 0.250. The topological polar surface area (TPSA) is 51.2 Å². The van der Waals surface area contributed by atoms with Gasteiger partial charge in [0.25, 0.3) is 0 Å². The van der Waals surface area contributed by atoms with Crippen LogP contribution in [0.3, 0.4) is 0 Å². The normalized spacial score (nSPS) is 20.2. The van der Waals surface area contributed by atoms with Gasteiger partial charge in [0.2, 0.25) is 0 Å². The number of ether oxygens (including phenoxy) is 1. The molecular weight excluding hydrogens is 252 g/mol. The molecule has 1 heterocycles. The van der Waals surface area contributed by atoms with E-state index >= 15 is 0 Å². The molecule has 0 saturated heterocycles. The van der Waals surface area contributed by atoms with Crippen molar-refractivity contribution in [2.24, 2.45) is 0 Å². The molecule has 0 amide bonds. The number of aromatic nitrogens is 1. The molecule has 1 saturated carbocycles. The third-order valence-corrected chi connectivity index (χ3v) is 3.52. The molecule has 0 bridgehead atoms. The number of carbonyl (C=O) groups is 1. The van der Waals surface area contributed by atoms with Gasteiger partial charge in [0, 0.05) is 23.8 Å². The van der Waals surface area contributed by atoms with Crippen molar-refractivity contribution in [3.05, 3.63) is 59.9 Å². The van der Waals surface area contributed by atoms with Gasteiger partial charge in [-0.1, -0.05) is 30.3 Å². The first-order valence-corrected chi connectivity index (χ1v) is 6.64. The second-order valence-corrected chi connectivity index (χ2v) is 4.93. The first kappa shape index (κ1) is 12.7. The Morgan fingerprint density at radius 3 is 2.85 bits per heavy atom. The van der Waals surface area contributed by atoms with Gasteiger partial charge in [-0.15, -0.1) is 0 Å². The number of benzene rings is 1.